The molecule has 0 aliphatic carbocycles. The SMILES string of the molecule is CCN(CC(=O)NNC(C)=O)C1CCNCC1. The molecule has 2 amide bonds. The molecular weight excluding hydrogens is 220 g/mol. The molecule has 0 radical (unpaired) electrons. The van der Waals surface area contributed by atoms with Crippen molar-refractivity contribution in [3.05, 3.63) is 0 Å². The second-order valence-electron chi connectivity index (χ2n) is 4.27. The van der Waals surface area contributed by atoms with E-state index in [-0.39, 0.29) is 11.8 Å². The Kier molecular flexibility index (Phi) is 5.93. The first-order valence-corrected chi connectivity index (χ1v) is 6.13. The quantitative estimate of drug-likeness (QED) is 0.566. The number of carbonyl (C=O) groups excluding carboxylic acids is 2. The molecular formula is C11H22N4O2. The molecule has 0 bridgehead atoms. The molecule has 0 aromatic rings. The molecule has 17 heavy (non-hydrogen) atoms. The zero-order chi connectivity index (χ0) is 12.7. The van der Waals surface area contributed by atoms with Crippen LogP contribution in [0.4, 0.5) is 0 Å². The van der Waals surface area contributed by atoms with Gasteiger partial charge in [0.05, 0.1) is 6.54 Å². The van der Waals surface area contributed by atoms with Gasteiger partial charge in [0, 0.05) is 13.0 Å². The lowest BCUT2D eigenvalue weighted by Gasteiger charge is -2.33. The zero-order valence-electron chi connectivity index (χ0n) is 10.6. The van der Waals surface area contributed by atoms with Crippen molar-refractivity contribution in [1.82, 2.24) is 21.1 Å². The van der Waals surface area contributed by atoms with Gasteiger partial charge in [0.15, 0.2) is 0 Å². The topological polar surface area (TPSA) is 73.5 Å². The molecule has 6 nitrogen and oxygen atoms in total. The molecule has 6 heteroatoms. The maximum atomic E-state index is 11.6. The maximum absolute atomic E-state index is 11.6. The van der Waals surface area contributed by atoms with E-state index in [1.54, 1.807) is 0 Å². The molecule has 98 valence electrons. The van der Waals surface area contributed by atoms with Crippen LogP contribution in [0.5, 0.6) is 0 Å². The van der Waals surface area contributed by atoms with E-state index in [1.807, 2.05) is 6.92 Å². The third-order valence-corrected chi connectivity index (χ3v) is 2.96. The Balaban J connectivity index is 2.34. The summed E-state index contributed by atoms with van der Waals surface area (Å²) >= 11 is 0. The Morgan fingerprint density at radius 3 is 2.47 bits per heavy atom. The van der Waals surface area contributed by atoms with Crippen LogP contribution in [-0.2, 0) is 9.59 Å². The monoisotopic (exact) mass is 242 g/mol. The Morgan fingerprint density at radius 1 is 1.29 bits per heavy atom. The van der Waals surface area contributed by atoms with Gasteiger partial charge in [-0.05, 0) is 32.5 Å². The van der Waals surface area contributed by atoms with Crippen LogP contribution in [0.1, 0.15) is 26.7 Å². The van der Waals surface area contributed by atoms with Gasteiger partial charge in [0.1, 0.15) is 0 Å². The van der Waals surface area contributed by atoms with Gasteiger partial charge in [-0.3, -0.25) is 25.3 Å². The molecule has 0 saturated carbocycles. The Morgan fingerprint density at radius 2 is 1.94 bits per heavy atom. The minimum atomic E-state index is -0.261. The van der Waals surface area contributed by atoms with Crippen molar-refractivity contribution in [1.29, 1.82) is 0 Å². The van der Waals surface area contributed by atoms with Gasteiger partial charge in [-0.1, -0.05) is 6.92 Å². The summed E-state index contributed by atoms with van der Waals surface area (Å²) in [4.78, 5) is 24.4. The predicted octanol–water partition coefficient (Wildman–Crippen LogP) is -0.772. The van der Waals surface area contributed by atoms with E-state index in [4.69, 9.17) is 0 Å². The van der Waals surface area contributed by atoms with Gasteiger partial charge in [-0.15, -0.1) is 0 Å². The lowest BCUT2D eigenvalue weighted by atomic mass is 10.0. The summed E-state index contributed by atoms with van der Waals surface area (Å²) < 4.78 is 0. The third kappa shape index (κ3) is 5.14. The number of rotatable bonds is 4. The highest BCUT2D eigenvalue weighted by atomic mass is 16.2. The zero-order valence-corrected chi connectivity index (χ0v) is 10.6. The molecule has 1 aliphatic heterocycles. The highest BCUT2D eigenvalue weighted by Gasteiger charge is 2.21. The molecule has 0 atom stereocenters. The van der Waals surface area contributed by atoms with E-state index in [0.29, 0.717) is 12.6 Å². The van der Waals surface area contributed by atoms with E-state index in [1.165, 1.54) is 6.92 Å². The number of piperidine rings is 1. The van der Waals surface area contributed by atoms with Crippen molar-refractivity contribution in [2.45, 2.75) is 32.7 Å². The van der Waals surface area contributed by atoms with Crippen LogP contribution < -0.4 is 16.2 Å². The van der Waals surface area contributed by atoms with Gasteiger partial charge in [0.25, 0.3) is 5.91 Å². The minimum absolute atomic E-state index is 0.166. The number of amides is 2. The molecule has 0 aromatic heterocycles. The molecule has 1 saturated heterocycles. The standard InChI is InChI=1S/C11H22N4O2/c1-3-15(10-4-6-12-7-5-10)8-11(17)14-13-9(2)16/h10,12H,3-8H2,1-2H3,(H,13,16)(H,14,17). The van der Waals surface area contributed by atoms with Crippen LogP contribution in [0.3, 0.4) is 0 Å². The highest BCUT2D eigenvalue weighted by molar-refractivity contribution is 5.81. The lowest BCUT2D eigenvalue weighted by Crippen LogP contribution is -2.50. The predicted molar refractivity (Wildman–Crippen MR) is 65.1 cm³/mol. The number of likely N-dealkylation sites (N-methyl/N-ethyl adjacent to an activating group) is 1. The van der Waals surface area contributed by atoms with Crippen LogP contribution in [0.25, 0.3) is 0 Å². The Labute approximate surface area is 102 Å². The van der Waals surface area contributed by atoms with Gasteiger partial charge < -0.3 is 5.32 Å². The van der Waals surface area contributed by atoms with Crippen LogP contribution >= 0.6 is 0 Å². The van der Waals surface area contributed by atoms with Crippen LogP contribution in [0.15, 0.2) is 0 Å². The average Bonchev–Trinajstić information content (AvgIpc) is 2.34. The van der Waals surface area contributed by atoms with E-state index in [2.05, 4.69) is 21.1 Å². The van der Waals surface area contributed by atoms with E-state index >= 15 is 0 Å². The Bertz CT molecular complexity index is 264. The van der Waals surface area contributed by atoms with Crippen LogP contribution in [0.2, 0.25) is 0 Å². The lowest BCUT2D eigenvalue weighted by molar-refractivity contribution is -0.129. The average molecular weight is 242 g/mol. The van der Waals surface area contributed by atoms with Crippen LogP contribution in [-0.4, -0.2) is 48.9 Å². The van der Waals surface area contributed by atoms with Crippen molar-refractivity contribution in [3.8, 4) is 0 Å². The molecule has 3 N–H and O–H groups in total. The molecule has 0 spiro atoms. The van der Waals surface area contributed by atoms with Gasteiger partial charge in [0.2, 0.25) is 5.91 Å². The smallest absolute Gasteiger partial charge is 0.252 e. The number of nitrogens with zero attached hydrogens (tertiary/aromatic N) is 1. The normalized spacial score (nSPS) is 16.9. The molecule has 1 heterocycles. The number of hydrogen-bond donors (Lipinski definition) is 3. The van der Waals surface area contributed by atoms with Gasteiger partial charge in [-0.25, -0.2) is 0 Å². The first kappa shape index (κ1) is 13.9. The van der Waals surface area contributed by atoms with Crippen molar-refractivity contribution in [2.24, 2.45) is 0 Å². The fraction of sp³-hybridized carbons (Fsp3) is 0.818. The largest absolute Gasteiger partial charge is 0.317 e. The molecule has 0 unspecified atom stereocenters. The van der Waals surface area contributed by atoms with E-state index in [0.717, 1.165) is 32.5 Å². The van der Waals surface area contributed by atoms with Gasteiger partial charge in [-0.2, -0.15) is 0 Å². The highest BCUT2D eigenvalue weighted by Crippen LogP contribution is 2.10. The van der Waals surface area contributed by atoms with E-state index < -0.39 is 0 Å². The van der Waals surface area contributed by atoms with Crippen molar-refractivity contribution in [2.75, 3.05) is 26.2 Å². The maximum Gasteiger partial charge on any atom is 0.252 e. The number of hydrogen-bond acceptors (Lipinski definition) is 4. The van der Waals surface area contributed by atoms with Crippen LogP contribution in [0, 0.1) is 0 Å². The number of hydrazine groups is 1. The molecule has 0 aromatic carbocycles. The summed E-state index contributed by atoms with van der Waals surface area (Å²) in [5.41, 5.74) is 4.69. The summed E-state index contributed by atoms with van der Waals surface area (Å²) in [5, 5.41) is 3.30. The third-order valence-electron chi connectivity index (χ3n) is 2.96. The summed E-state index contributed by atoms with van der Waals surface area (Å²) in [6.07, 6.45) is 2.14. The minimum Gasteiger partial charge on any atom is -0.317 e. The summed E-state index contributed by atoms with van der Waals surface area (Å²) in [6, 6.07) is 0.462. The molecule has 1 aliphatic rings. The number of nitrogens with one attached hydrogen (secondary N) is 3. The summed E-state index contributed by atoms with van der Waals surface area (Å²) in [6.45, 7) is 6.61. The summed E-state index contributed by atoms with van der Waals surface area (Å²) in [7, 11) is 0. The first-order valence-electron chi connectivity index (χ1n) is 6.13. The second-order valence-corrected chi connectivity index (χ2v) is 4.27. The molecule has 1 rings (SSSR count). The number of carbonyl (C=O) groups is 2. The van der Waals surface area contributed by atoms with E-state index in [9.17, 15) is 9.59 Å². The van der Waals surface area contributed by atoms with Crippen molar-refractivity contribution in [3.63, 3.8) is 0 Å². The molecule has 1 fully saturated rings. The van der Waals surface area contributed by atoms with Crippen molar-refractivity contribution >= 4 is 11.8 Å². The van der Waals surface area contributed by atoms with Crippen molar-refractivity contribution < 1.29 is 9.59 Å². The Hall–Kier alpha value is -1.14. The van der Waals surface area contributed by atoms with Gasteiger partial charge >= 0.3 is 0 Å². The fourth-order valence-corrected chi connectivity index (χ4v) is 2.05. The first-order chi connectivity index (χ1) is 8.13. The fourth-order valence-electron chi connectivity index (χ4n) is 2.05. The summed E-state index contributed by atoms with van der Waals surface area (Å²) in [5.74, 6) is -0.427. The second kappa shape index (κ2) is 7.24.